The van der Waals surface area contributed by atoms with E-state index in [0.29, 0.717) is 11.4 Å². The van der Waals surface area contributed by atoms with Gasteiger partial charge in [0.15, 0.2) is 0 Å². The van der Waals surface area contributed by atoms with E-state index < -0.39 is 37.6 Å². The van der Waals surface area contributed by atoms with Crippen molar-refractivity contribution in [2.24, 2.45) is 0 Å². The van der Waals surface area contributed by atoms with Gasteiger partial charge in [0, 0.05) is 18.7 Å². The molecule has 0 radical (unpaired) electrons. The first-order valence-corrected chi connectivity index (χ1v) is 7.36. The van der Waals surface area contributed by atoms with Gasteiger partial charge in [-0.1, -0.05) is 0 Å². The molecule has 23 heavy (non-hydrogen) atoms. The van der Waals surface area contributed by atoms with Crippen LogP contribution in [0.2, 0.25) is 0 Å². The molecule has 0 aliphatic carbocycles. The van der Waals surface area contributed by atoms with E-state index in [1.165, 1.54) is 12.4 Å². The zero-order valence-corrected chi connectivity index (χ0v) is 12.9. The summed E-state index contributed by atoms with van der Waals surface area (Å²) in [6.07, 6.45) is -0.484. The number of aromatic nitrogens is 2. The predicted octanol–water partition coefficient (Wildman–Crippen LogP) is -2.90. The molecule has 9 heteroatoms. The van der Waals surface area contributed by atoms with Crippen LogP contribution >= 0.6 is 0 Å². The highest BCUT2D eigenvalue weighted by molar-refractivity contribution is 5.07. The van der Waals surface area contributed by atoms with Gasteiger partial charge in [0.05, 0.1) is 55.7 Å². The van der Waals surface area contributed by atoms with Crippen LogP contribution in [0.4, 0.5) is 0 Å². The molecule has 9 nitrogen and oxygen atoms in total. The standard InChI is InChI=1S/C14H25N3O6/c1-8(17-11(5-18)13(22)6-19)10-4-15-9(3-16-10)2-12(21)14(23)7-20/h3-4,8,11-14,17-23H,2,5-7H2,1H3/t8-,11+,12-,13+,14+/m0/s1. The quantitative estimate of drug-likeness (QED) is 0.239. The number of hydrogen-bond acceptors (Lipinski definition) is 9. The molecule has 132 valence electrons. The van der Waals surface area contributed by atoms with Gasteiger partial charge in [0.1, 0.15) is 6.10 Å². The smallest absolute Gasteiger partial charge is 0.103 e. The van der Waals surface area contributed by atoms with Gasteiger partial charge in [-0.05, 0) is 6.92 Å². The molecule has 0 unspecified atom stereocenters. The molecular formula is C14H25N3O6. The summed E-state index contributed by atoms with van der Waals surface area (Å²) in [6.45, 7) is 0.410. The van der Waals surface area contributed by atoms with Gasteiger partial charge in [-0.3, -0.25) is 9.97 Å². The van der Waals surface area contributed by atoms with Crippen molar-refractivity contribution in [1.82, 2.24) is 15.3 Å². The summed E-state index contributed by atoms with van der Waals surface area (Å²) < 4.78 is 0. The summed E-state index contributed by atoms with van der Waals surface area (Å²) in [5.74, 6) is 0. The van der Waals surface area contributed by atoms with Gasteiger partial charge in [-0.15, -0.1) is 0 Å². The SMILES string of the molecule is C[C@H](N[C@H](CO)[C@H](O)CO)c1cnc(C[C@H](O)[C@H](O)CO)cn1. The number of aliphatic hydroxyl groups is 6. The Morgan fingerprint density at radius 3 is 2.04 bits per heavy atom. The maximum Gasteiger partial charge on any atom is 0.103 e. The van der Waals surface area contributed by atoms with Crippen molar-refractivity contribution < 1.29 is 30.6 Å². The molecule has 7 N–H and O–H groups in total. The molecule has 0 fully saturated rings. The summed E-state index contributed by atoms with van der Waals surface area (Å²) in [5.41, 5.74) is 1.00. The van der Waals surface area contributed by atoms with E-state index in [0.717, 1.165) is 0 Å². The van der Waals surface area contributed by atoms with E-state index in [1.807, 2.05) is 0 Å². The second-order valence-corrected chi connectivity index (χ2v) is 5.38. The van der Waals surface area contributed by atoms with Gasteiger partial charge in [-0.25, -0.2) is 0 Å². The van der Waals surface area contributed by atoms with E-state index in [4.69, 9.17) is 10.2 Å². The third-order valence-electron chi connectivity index (χ3n) is 3.53. The Morgan fingerprint density at radius 1 is 0.913 bits per heavy atom. The lowest BCUT2D eigenvalue weighted by molar-refractivity contribution is -0.0137. The first kappa shape index (κ1) is 19.8. The van der Waals surface area contributed by atoms with E-state index in [2.05, 4.69) is 15.3 Å². The largest absolute Gasteiger partial charge is 0.395 e. The van der Waals surface area contributed by atoms with Gasteiger partial charge < -0.3 is 36.0 Å². The Bertz CT molecular complexity index is 447. The summed E-state index contributed by atoms with van der Waals surface area (Å²) in [6, 6.07) is -1.03. The van der Waals surface area contributed by atoms with Crippen LogP contribution in [-0.2, 0) is 6.42 Å². The monoisotopic (exact) mass is 331 g/mol. The Balaban J connectivity index is 2.64. The molecule has 0 aliphatic rings. The third kappa shape index (κ3) is 6.07. The lowest BCUT2D eigenvalue weighted by Crippen LogP contribution is -2.45. The maximum atomic E-state index is 9.62. The molecular weight excluding hydrogens is 306 g/mol. The van der Waals surface area contributed by atoms with Crippen LogP contribution in [0.15, 0.2) is 12.4 Å². The molecule has 0 amide bonds. The van der Waals surface area contributed by atoms with Crippen LogP contribution in [0.1, 0.15) is 24.4 Å². The van der Waals surface area contributed by atoms with Crippen LogP contribution < -0.4 is 5.32 Å². The molecule has 0 bridgehead atoms. The van der Waals surface area contributed by atoms with Crippen molar-refractivity contribution in [1.29, 1.82) is 0 Å². The molecule has 5 atom stereocenters. The Labute approximate surface area is 134 Å². The normalized spacial score (nSPS) is 18.2. The van der Waals surface area contributed by atoms with Crippen LogP contribution in [0, 0.1) is 0 Å². The average molecular weight is 331 g/mol. The molecule has 0 aromatic carbocycles. The fourth-order valence-corrected chi connectivity index (χ4v) is 1.98. The minimum Gasteiger partial charge on any atom is -0.395 e. The van der Waals surface area contributed by atoms with E-state index in [9.17, 15) is 20.4 Å². The summed E-state index contributed by atoms with van der Waals surface area (Å²) >= 11 is 0. The number of rotatable bonds is 10. The van der Waals surface area contributed by atoms with Crippen molar-refractivity contribution >= 4 is 0 Å². The van der Waals surface area contributed by atoms with Crippen LogP contribution in [-0.4, -0.2) is 84.8 Å². The van der Waals surface area contributed by atoms with Crippen molar-refractivity contribution in [2.75, 3.05) is 19.8 Å². The summed E-state index contributed by atoms with van der Waals surface area (Å²) in [5, 5.41) is 58.3. The lowest BCUT2D eigenvalue weighted by Gasteiger charge is -2.24. The molecule has 0 saturated carbocycles. The topological polar surface area (TPSA) is 159 Å². The highest BCUT2D eigenvalue weighted by Gasteiger charge is 2.21. The first-order valence-electron chi connectivity index (χ1n) is 7.36. The van der Waals surface area contributed by atoms with Crippen molar-refractivity contribution in [3.63, 3.8) is 0 Å². The number of nitrogens with one attached hydrogen (secondary N) is 1. The predicted molar refractivity (Wildman–Crippen MR) is 80.4 cm³/mol. The zero-order chi connectivity index (χ0) is 17.4. The van der Waals surface area contributed by atoms with Crippen molar-refractivity contribution in [2.45, 2.75) is 43.7 Å². The lowest BCUT2D eigenvalue weighted by atomic mass is 10.1. The third-order valence-corrected chi connectivity index (χ3v) is 3.53. The van der Waals surface area contributed by atoms with Gasteiger partial charge in [-0.2, -0.15) is 0 Å². The zero-order valence-electron chi connectivity index (χ0n) is 12.9. The van der Waals surface area contributed by atoms with E-state index >= 15 is 0 Å². The van der Waals surface area contributed by atoms with Gasteiger partial charge >= 0.3 is 0 Å². The van der Waals surface area contributed by atoms with Crippen LogP contribution in [0.25, 0.3) is 0 Å². The second kappa shape index (κ2) is 9.83. The second-order valence-electron chi connectivity index (χ2n) is 5.38. The molecule has 1 heterocycles. The molecule has 0 aliphatic heterocycles. The molecule has 1 rings (SSSR count). The summed E-state index contributed by atoms with van der Waals surface area (Å²) in [7, 11) is 0. The molecule has 0 saturated heterocycles. The fourth-order valence-electron chi connectivity index (χ4n) is 1.98. The van der Waals surface area contributed by atoms with Gasteiger partial charge in [0.2, 0.25) is 0 Å². The first-order chi connectivity index (χ1) is 10.9. The number of nitrogens with zero attached hydrogens (tertiary/aromatic N) is 2. The van der Waals surface area contributed by atoms with Gasteiger partial charge in [0.25, 0.3) is 0 Å². The average Bonchev–Trinajstić information content (AvgIpc) is 2.58. The van der Waals surface area contributed by atoms with E-state index in [1.54, 1.807) is 6.92 Å². The minimum atomic E-state index is -1.23. The summed E-state index contributed by atoms with van der Waals surface area (Å²) in [4.78, 5) is 8.31. The highest BCUT2D eigenvalue weighted by Crippen LogP contribution is 2.11. The number of aliphatic hydroxyl groups excluding tert-OH is 6. The molecule has 1 aromatic heterocycles. The van der Waals surface area contributed by atoms with Crippen LogP contribution in [0.5, 0.6) is 0 Å². The molecule has 0 spiro atoms. The Hall–Kier alpha value is -1.20. The van der Waals surface area contributed by atoms with E-state index in [-0.39, 0.29) is 19.1 Å². The van der Waals surface area contributed by atoms with Crippen molar-refractivity contribution in [3.8, 4) is 0 Å². The number of hydrogen-bond donors (Lipinski definition) is 7. The highest BCUT2D eigenvalue weighted by atomic mass is 16.4. The minimum absolute atomic E-state index is 0.0549. The van der Waals surface area contributed by atoms with Crippen LogP contribution in [0.3, 0.4) is 0 Å². The maximum absolute atomic E-state index is 9.62. The fraction of sp³-hybridized carbons (Fsp3) is 0.714. The van der Waals surface area contributed by atoms with Crippen molar-refractivity contribution in [3.05, 3.63) is 23.8 Å². The Morgan fingerprint density at radius 2 is 1.57 bits per heavy atom. The Kier molecular flexibility index (Phi) is 8.48. The molecule has 1 aromatic rings.